The Hall–Kier alpha value is -2.90. The molecule has 0 spiro atoms. The first-order valence-electron chi connectivity index (χ1n) is 10.6. The van der Waals surface area contributed by atoms with Gasteiger partial charge in [0.05, 0.1) is 18.8 Å². The number of carbonyl (C=O) groups is 2. The molecule has 156 valence electrons. The molecule has 7 nitrogen and oxygen atoms in total. The smallest absolute Gasteiger partial charge is 0.256 e. The third kappa shape index (κ3) is 3.78. The molecule has 0 saturated carbocycles. The molecule has 4 heterocycles. The highest BCUT2D eigenvalue weighted by atomic mass is 16.5. The number of carbonyl (C=O) groups excluding carboxylic acids is 2. The summed E-state index contributed by atoms with van der Waals surface area (Å²) in [5, 5.41) is 5.86. The molecule has 3 N–H and O–H groups in total. The average molecular weight is 406 g/mol. The lowest BCUT2D eigenvalue weighted by Crippen LogP contribution is -2.35. The molecule has 7 heteroatoms. The van der Waals surface area contributed by atoms with Gasteiger partial charge in [-0.15, -0.1) is 0 Å². The van der Waals surface area contributed by atoms with Crippen molar-refractivity contribution in [1.29, 1.82) is 0 Å². The number of hydrogen-bond donors (Lipinski definition) is 3. The Bertz CT molecular complexity index is 1000. The predicted octanol–water partition coefficient (Wildman–Crippen LogP) is 2.02. The van der Waals surface area contributed by atoms with Gasteiger partial charge in [0.2, 0.25) is 5.91 Å². The van der Waals surface area contributed by atoms with Crippen LogP contribution < -0.4 is 10.6 Å². The van der Waals surface area contributed by atoms with Gasteiger partial charge in [-0.05, 0) is 48.2 Å². The minimum absolute atomic E-state index is 0.0177. The van der Waals surface area contributed by atoms with Gasteiger partial charge < -0.3 is 20.4 Å². The first kappa shape index (κ1) is 19.1. The van der Waals surface area contributed by atoms with E-state index < -0.39 is 0 Å². The maximum Gasteiger partial charge on any atom is 0.256 e. The van der Waals surface area contributed by atoms with Crippen LogP contribution in [0.3, 0.4) is 0 Å². The van der Waals surface area contributed by atoms with E-state index in [4.69, 9.17) is 4.74 Å². The average Bonchev–Trinajstić information content (AvgIpc) is 3.44. The number of H-pyrrole nitrogens is 1. The fraction of sp³-hybridized carbons (Fsp3) is 0.391. The van der Waals surface area contributed by atoms with Gasteiger partial charge in [-0.25, -0.2) is 0 Å². The minimum Gasteiger partial charge on any atom is -0.379 e. The first-order chi connectivity index (χ1) is 14.7. The van der Waals surface area contributed by atoms with Crippen molar-refractivity contribution in [2.45, 2.75) is 19.4 Å². The van der Waals surface area contributed by atoms with Gasteiger partial charge >= 0.3 is 0 Å². The standard InChI is InChI=1S/C23H26N4O3/c28-22-16(3-6-25-22)11-15-1-2-20-18(12-15)19(23(29)26-20)13-21-17(4-5-24-21)14-27-7-9-30-10-8-27/h1-2,4-5,12-13,16,24H,3,6-11,14H2,(H,25,28)(H,26,29). The van der Waals surface area contributed by atoms with Gasteiger partial charge in [-0.2, -0.15) is 0 Å². The summed E-state index contributed by atoms with van der Waals surface area (Å²) in [4.78, 5) is 30.3. The minimum atomic E-state index is -0.0901. The zero-order valence-electron chi connectivity index (χ0n) is 16.9. The van der Waals surface area contributed by atoms with Crippen molar-refractivity contribution in [3.05, 3.63) is 52.8 Å². The molecule has 3 aliphatic rings. The Morgan fingerprint density at radius 3 is 2.83 bits per heavy atom. The van der Waals surface area contributed by atoms with Crippen molar-refractivity contribution in [2.24, 2.45) is 5.92 Å². The first-order valence-corrected chi connectivity index (χ1v) is 10.6. The summed E-state index contributed by atoms with van der Waals surface area (Å²) >= 11 is 0. The summed E-state index contributed by atoms with van der Waals surface area (Å²) in [6.45, 7) is 4.94. The number of nitrogens with zero attached hydrogens (tertiary/aromatic N) is 1. The number of rotatable bonds is 5. The number of anilines is 1. The number of aromatic amines is 1. The largest absolute Gasteiger partial charge is 0.379 e. The Morgan fingerprint density at radius 2 is 2.03 bits per heavy atom. The normalized spacial score (nSPS) is 22.9. The van der Waals surface area contributed by atoms with Crippen LogP contribution in [0.25, 0.3) is 11.6 Å². The maximum absolute atomic E-state index is 12.7. The van der Waals surface area contributed by atoms with E-state index in [1.807, 2.05) is 24.4 Å². The Kier molecular flexibility index (Phi) is 5.14. The van der Waals surface area contributed by atoms with Crippen molar-refractivity contribution in [2.75, 3.05) is 38.2 Å². The van der Waals surface area contributed by atoms with Crippen LogP contribution in [0.2, 0.25) is 0 Å². The van der Waals surface area contributed by atoms with Crippen molar-refractivity contribution in [1.82, 2.24) is 15.2 Å². The van der Waals surface area contributed by atoms with Crippen LogP contribution in [0, 0.1) is 5.92 Å². The van der Waals surface area contributed by atoms with E-state index in [0.717, 1.165) is 68.3 Å². The van der Waals surface area contributed by atoms with Gasteiger partial charge in [0.15, 0.2) is 0 Å². The number of aromatic nitrogens is 1. The number of nitrogens with one attached hydrogen (secondary N) is 3. The molecule has 5 rings (SSSR count). The van der Waals surface area contributed by atoms with Crippen molar-refractivity contribution >= 4 is 29.2 Å². The monoisotopic (exact) mass is 406 g/mol. The molecule has 2 aromatic rings. The summed E-state index contributed by atoms with van der Waals surface area (Å²) in [7, 11) is 0. The molecule has 1 aromatic carbocycles. The number of ether oxygens (including phenoxy) is 1. The Morgan fingerprint density at radius 1 is 1.17 bits per heavy atom. The molecule has 2 fully saturated rings. The van der Waals surface area contributed by atoms with Gasteiger partial charge in [0.1, 0.15) is 0 Å². The summed E-state index contributed by atoms with van der Waals surface area (Å²) in [5.74, 6) is 0.0522. The van der Waals surface area contributed by atoms with Crippen LogP contribution in [0.5, 0.6) is 0 Å². The summed E-state index contributed by atoms with van der Waals surface area (Å²) in [6.07, 6.45) is 5.43. The molecule has 1 atom stereocenters. The quantitative estimate of drug-likeness (QED) is 0.663. The lowest BCUT2D eigenvalue weighted by Gasteiger charge is -2.26. The summed E-state index contributed by atoms with van der Waals surface area (Å²) in [5.41, 5.74) is 5.60. The molecule has 0 aliphatic carbocycles. The fourth-order valence-corrected chi connectivity index (χ4v) is 4.46. The molecule has 2 amide bonds. The lowest BCUT2D eigenvalue weighted by atomic mass is 9.95. The highest BCUT2D eigenvalue weighted by Crippen LogP contribution is 2.35. The molecule has 0 radical (unpaired) electrons. The molecular formula is C23H26N4O3. The molecule has 1 aromatic heterocycles. The third-order valence-electron chi connectivity index (χ3n) is 6.17. The highest BCUT2D eigenvalue weighted by Gasteiger charge is 2.28. The number of benzene rings is 1. The zero-order valence-corrected chi connectivity index (χ0v) is 16.9. The Labute approximate surface area is 175 Å². The third-order valence-corrected chi connectivity index (χ3v) is 6.17. The molecular weight excluding hydrogens is 380 g/mol. The summed E-state index contributed by atoms with van der Waals surface area (Å²) in [6, 6.07) is 8.08. The molecule has 1 unspecified atom stereocenters. The maximum atomic E-state index is 12.7. The van der Waals surface area contributed by atoms with E-state index in [2.05, 4.69) is 32.7 Å². The molecule has 2 saturated heterocycles. The van der Waals surface area contributed by atoms with Crippen LogP contribution >= 0.6 is 0 Å². The van der Waals surface area contributed by atoms with Crippen LogP contribution in [-0.2, 0) is 27.3 Å². The highest BCUT2D eigenvalue weighted by molar-refractivity contribution is 6.34. The van der Waals surface area contributed by atoms with Crippen molar-refractivity contribution in [3.63, 3.8) is 0 Å². The Balaban J connectivity index is 1.40. The van der Waals surface area contributed by atoms with Gasteiger partial charge in [0.25, 0.3) is 5.91 Å². The topological polar surface area (TPSA) is 86.5 Å². The van der Waals surface area contributed by atoms with Crippen LogP contribution in [0.15, 0.2) is 30.5 Å². The summed E-state index contributed by atoms with van der Waals surface area (Å²) < 4.78 is 5.44. The van der Waals surface area contributed by atoms with E-state index in [9.17, 15) is 9.59 Å². The number of morpholine rings is 1. The van der Waals surface area contributed by atoms with Crippen LogP contribution in [0.4, 0.5) is 5.69 Å². The van der Waals surface area contributed by atoms with Crippen molar-refractivity contribution in [3.8, 4) is 0 Å². The van der Waals surface area contributed by atoms with Gasteiger partial charge in [-0.3, -0.25) is 14.5 Å². The predicted molar refractivity (Wildman–Crippen MR) is 115 cm³/mol. The molecule has 30 heavy (non-hydrogen) atoms. The van der Waals surface area contributed by atoms with E-state index in [1.165, 1.54) is 5.56 Å². The van der Waals surface area contributed by atoms with E-state index in [0.29, 0.717) is 12.0 Å². The van der Waals surface area contributed by atoms with E-state index in [-0.39, 0.29) is 17.7 Å². The molecule has 0 bridgehead atoms. The second kappa shape index (κ2) is 8.08. The number of hydrogen-bond acceptors (Lipinski definition) is 4. The van der Waals surface area contributed by atoms with Gasteiger partial charge in [-0.1, -0.05) is 6.07 Å². The number of fused-ring (bicyclic) bond motifs is 1. The zero-order chi connectivity index (χ0) is 20.5. The second-order valence-electron chi connectivity index (χ2n) is 8.18. The van der Waals surface area contributed by atoms with E-state index >= 15 is 0 Å². The number of amides is 2. The second-order valence-corrected chi connectivity index (χ2v) is 8.18. The van der Waals surface area contributed by atoms with E-state index in [1.54, 1.807) is 0 Å². The SMILES string of the molecule is O=C1Nc2ccc(CC3CCNC3=O)cc2C1=Cc1[nH]ccc1CN1CCOCC1. The van der Waals surface area contributed by atoms with Crippen molar-refractivity contribution < 1.29 is 14.3 Å². The molecule has 3 aliphatic heterocycles. The fourth-order valence-electron chi connectivity index (χ4n) is 4.46. The lowest BCUT2D eigenvalue weighted by molar-refractivity contribution is -0.122. The van der Waals surface area contributed by atoms with Gasteiger partial charge in [0, 0.05) is 55.2 Å². The van der Waals surface area contributed by atoms with Crippen LogP contribution in [-0.4, -0.2) is 54.5 Å². The van der Waals surface area contributed by atoms with Crippen LogP contribution in [0.1, 0.15) is 28.8 Å².